The Bertz CT molecular complexity index is 1410. The topological polar surface area (TPSA) is 121 Å². The molecular formula is C29H25Cl2NO7. The minimum atomic E-state index is -1.05. The van der Waals surface area contributed by atoms with Gasteiger partial charge in [-0.3, -0.25) is 14.4 Å². The second-order valence-corrected chi connectivity index (χ2v) is 10.6. The van der Waals surface area contributed by atoms with E-state index in [1.54, 1.807) is 23.1 Å². The Kier molecular flexibility index (Phi) is 7.51. The fourth-order valence-electron chi connectivity index (χ4n) is 5.70. The van der Waals surface area contributed by atoms with Crippen molar-refractivity contribution in [3.05, 3.63) is 85.7 Å². The molecule has 3 aliphatic rings. The predicted octanol–water partition coefficient (Wildman–Crippen LogP) is 5.77. The summed E-state index contributed by atoms with van der Waals surface area (Å²) < 4.78 is 6.17. The lowest BCUT2D eigenvalue weighted by atomic mass is 9.70. The standard InChI is InChI=1S/C29H25Cl2NO7/c30-17-11-18(28(19(31)12-17)39-14-15-7-9-16(10-8-15)29(37)38)25-26-20(3-1-5-22(26)33)32(13-24(35)36)21-4-2-6-23(34)27(21)25/h7-12,25H,1-6,13-14H2,(H,35,36)(H,37,38). The van der Waals surface area contributed by atoms with Crippen LogP contribution in [0.5, 0.6) is 5.75 Å². The average molecular weight is 570 g/mol. The molecule has 0 radical (unpaired) electrons. The number of hydrogen-bond donors (Lipinski definition) is 2. The van der Waals surface area contributed by atoms with Crippen molar-refractivity contribution >= 4 is 46.7 Å². The number of benzene rings is 2. The maximum Gasteiger partial charge on any atom is 0.335 e. The Labute approximate surface area is 234 Å². The van der Waals surface area contributed by atoms with Gasteiger partial charge >= 0.3 is 11.9 Å². The summed E-state index contributed by atoms with van der Waals surface area (Å²) in [5, 5.41) is 19.3. The van der Waals surface area contributed by atoms with Gasteiger partial charge in [0.1, 0.15) is 18.9 Å². The van der Waals surface area contributed by atoms with E-state index < -0.39 is 17.9 Å². The van der Waals surface area contributed by atoms with E-state index in [9.17, 15) is 24.3 Å². The van der Waals surface area contributed by atoms with Gasteiger partial charge in [0.05, 0.1) is 10.6 Å². The van der Waals surface area contributed by atoms with Crippen LogP contribution in [0, 0.1) is 0 Å². The number of aromatic carboxylic acids is 1. The minimum absolute atomic E-state index is 0.0474. The van der Waals surface area contributed by atoms with Crippen LogP contribution in [-0.4, -0.2) is 45.2 Å². The minimum Gasteiger partial charge on any atom is -0.487 e. The van der Waals surface area contributed by atoms with Crippen LogP contribution in [0.15, 0.2) is 58.9 Å². The van der Waals surface area contributed by atoms with Crippen molar-refractivity contribution in [3.63, 3.8) is 0 Å². The number of ether oxygens (including phenoxy) is 1. The molecule has 0 aromatic heterocycles. The van der Waals surface area contributed by atoms with Crippen LogP contribution in [0.2, 0.25) is 10.0 Å². The summed E-state index contributed by atoms with van der Waals surface area (Å²) in [6, 6.07) is 9.37. The molecule has 0 saturated heterocycles. The largest absolute Gasteiger partial charge is 0.487 e. The molecule has 10 heteroatoms. The van der Waals surface area contributed by atoms with E-state index >= 15 is 0 Å². The molecule has 2 aliphatic carbocycles. The maximum atomic E-state index is 13.5. The molecule has 2 aromatic rings. The van der Waals surface area contributed by atoms with Crippen LogP contribution >= 0.6 is 23.2 Å². The van der Waals surface area contributed by atoms with Crippen molar-refractivity contribution in [2.24, 2.45) is 0 Å². The SMILES string of the molecule is O=C(O)CN1C2=C(C(=O)CCC2)C(c2cc(Cl)cc(Cl)c2OCc2ccc(C(=O)O)cc2)C2=C1CCCC2=O. The Hall–Kier alpha value is -3.62. The van der Waals surface area contributed by atoms with Crippen molar-refractivity contribution in [2.45, 2.75) is 51.0 Å². The summed E-state index contributed by atoms with van der Waals surface area (Å²) in [6.07, 6.45) is 2.76. The first kappa shape index (κ1) is 27.0. The number of Topliss-reactive ketones (excluding diaryl/α,β-unsaturated/α-hetero) is 2. The number of hydrogen-bond acceptors (Lipinski definition) is 6. The molecule has 0 amide bonds. The number of halogens is 2. The van der Waals surface area contributed by atoms with Crippen LogP contribution < -0.4 is 4.74 Å². The normalized spacial score (nSPS) is 17.7. The molecule has 2 N–H and O–H groups in total. The Morgan fingerprint density at radius 3 is 2.03 bits per heavy atom. The van der Waals surface area contributed by atoms with E-state index in [0.29, 0.717) is 64.4 Å². The van der Waals surface area contributed by atoms with Crippen molar-refractivity contribution < 1.29 is 34.1 Å². The monoisotopic (exact) mass is 569 g/mol. The Morgan fingerprint density at radius 1 is 0.897 bits per heavy atom. The number of nitrogens with zero attached hydrogens (tertiary/aromatic N) is 1. The smallest absolute Gasteiger partial charge is 0.335 e. The fraction of sp³-hybridized carbons (Fsp3) is 0.310. The lowest BCUT2D eigenvalue weighted by molar-refractivity contribution is -0.138. The van der Waals surface area contributed by atoms with Crippen LogP contribution in [0.3, 0.4) is 0 Å². The summed E-state index contributed by atoms with van der Waals surface area (Å²) in [7, 11) is 0. The number of carbonyl (C=O) groups is 4. The van der Waals surface area contributed by atoms with Crippen LogP contribution in [0.25, 0.3) is 0 Å². The van der Waals surface area contributed by atoms with Gasteiger partial charge in [0.15, 0.2) is 11.6 Å². The highest BCUT2D eigenvalue weighted by molar-refractivity contribution is 6.35. The van der Waals surface area contributed by atoms with Gasteiger partial charge in [-0.2, -0.15) is 0 Å². The van der Waals surface area contributed by atoms with Gasteiger partial charge in [-0.1, -0.05) is 35.3 Å². The highest BCUT2D eigenvalue weighted by Crippen LogP contribution is 2.52. The molecule has 39 heavy (non-hydrogen) atoms. The third-order valence-corrected chi connectivity index (χ3v) is 7.81. The van der Waals surface area contributed by atoms with Crippen molar-refractivity contribution in [1.82, 2.24) is 4.90 Å². The van der Waals surface area contributed by atoms with Gasteiger partial charge in [0, 0.05) is 51.9 Å². The molecule has 0 unspecified atom stereocenters. The van der Waals surface area contributed by atoms with E-state index in [4.69, 9.17) is 33.0 Å². The van der Waals surface area contributed by atoms with Gasteiger partial charge in [-0.05, 0) is 55.5 Å². The number of allylic oxidation sites excluding steroid dienone is 4. The number of carboxylic acids is 2. The molecule has 8 nitrogen and oxygen atoms in total. The molecule has 202 valence electrons. The van der Waals surface area contributed by atoms with E-state index in [-0.39, 0.29) is 53.9 Å². The molecule has 0 bridgehead atoms. The van der Waals surface area contributed by atoms with Gasteiger partial charge in [-0.25, -0.2) is 4.79 Å². The highest BCUT2D eigenvalue weighted by atomic mass is 35.5. The summed E-state index contributed by atoms with van der Waals surface area (Å²) in [5.41, 5.74) is 3.33. The zero-order valence-corrected chi connectivity index (χ0v) is 22.3. The average Bonchev–Trinajstić information content (AvgIpc) is 2.88. The van der Waals surface area contributed by atoms with Crippen LogP contribution in [-0.2, 0) is 21.0 Å². The number of rotatable bonds is 7. The molecule has 1 aliphatic heterocycles. The summed E-state index contributed by atoms with van der Waals surface area (Å²) in [4.78, 5) is 51.6. The van der Waals surface area contributed by atoms with E-state index in [1.807, 2.05) is 0 Å². The molecule has 0 atom stereocenters. The third kappa shape index (κ3) is 5.18. The van der Waals surface area contributed by atoms with E-state index in [1.165, 1.54) is 18.2 Å². The number of ketones is 2. The lowest BCUT2D eigenvalue weighted by Crippen LogP contribution is -2.41. The van der Waals surface area contributed by atoms with Crippen molar-refractivity contribution in [2.75, 3.05) is 6.54 Å². The van der Waals surface area contributed by atoms with Gasteiger partial charge < -0.3 is 19.8 Å². The van der Waals surface area contributed by atoms with Crippen molar-refractivity contribution in [3.8, 4) is 5.75 Å². The predicted molar refractivity (Wildman–Crippen MR) is 143 cm³/mol. The third-order valence-electron chi connectivity index (χ3n) is 7.31. The molecule has 2 aromatic carbocycles. The molecule has 1 heterocycles. The van der Waals surface area contributed by atoms with Crippen molar-refractivity contribution in [1.29, 1.82) is 0 Å². The van der Waals surface area contributed by atoms with E-state index in [0.717, 1.165) is 0 Å². The van der Waals surface area contributed by atoms with E-state index in [2.05, 4.69) is 0 Å². The molecule has 0 saturated carbocycles. The lowest BCUT2D eigenvalue weighted by Gasteiger charge is -2.43. The van der Waals surface area contributed by atoms with Gasteiger partial charge in [-0.15, -0.1) is 0 Å². The zero-order chi connectivity index (χ0) is 27.8. The Balaban J connectivity index is 1.64. The highest BCUT2D eigenvalue weighted by Gasteiger charge is 2.45. The summed E-state index contributed by atoms with van der Waals surface area (Å²) in [6.45, 7) is -0.289. The van der Waals surface area contributed by atoms with Crippen LogP contribution in [0.1, 0.15) is 65.9 Å². The molecule has 0 fully saturated rings. The molecular weight excluding hydrogens is 545 g/mol. The Morgan fingerprint density at radius 2 is 1.49 bits per heavy atom. The quantitative estimate of drug-likeness (QED) is 0.431. The fourth-order valence-corrected chi connectivity index (χ4v) is 6.26. The molecule has 5 rings (SSSR count). The second-order valence-electron chi connectivity index (χ2n) is 9.78. The maximum absolute atomic E-state index is 13.5. The summed E-state index contributed by atoms with van der Waals surface area (Å²) >= 11 is 13.1. The summed E-state index contributed by atoms with van der Waals surface area (Å²) in [5.74, 6) is -2.91. The number of carbonyl (C=O) groups excluding carboxylic acids is 2. The first-order chi connectivity index (χ1) is 18.7. The zero-order valence-electron chi connectivity index (χ0n) is 20.8. The van der Waals surface area contributed by atoms with Crippen LogP contribution in [0.4, 0.5) is 0 Å². The number of aliphatic carboxylic acids is 1. The van der Waals surface area contributed by atoms with Gasteiger partial charge in [0.2, 0.25) is 0 Å². The first-order valence-electron chi connectivity index (χ1n) is 12.6. The second kappa shape index (κ2) is 10.9. The first-order valence-corrected chi connectivity index (χ1v) is 13.4. The number of carboxylic acid groups (broad SMARTS) is 2. The molecule has 0 spiro atoms. The van der Waals surface area contributed by atoms with Gasteiger partial charge in [0.25, 0.3) is 0 Å².